The number of benzene rings is 1. The van der Waals surface area contributed by atoms with Crippen molar-refractivity contribution in [2.24, 2.45) is 5.92 Å². The van der Waals surface area contributed by atoms with Gasteiger partial charge in [-0.25, -0.2) is 4.39 Å². The summed E-state index contributed by atoms with van der Waals surface area (Å²) in [5.41, 5.74) is 1.10. The van der Waals surface area contributed by atoms with E-state index < -0.39 is 6.04 Å². The third-order valence-corrected chi connectivity index (χ3v) is 5.44. The number of imide groups is 1. The van der Waals surface area contributed by atoms with Gasteiger partial charge in [0.25, 0.3) is 0 Å². The zero-order valence-electron chi connectivity index (χ0n) is 15.1. The molecule has 0 radical (unpaired) electrons. The molecule has 8 heteroatoms. The van der Waals surface area contributed by atoms with Crippen LogP contribution < -0.4 is 15.5 Å². The van der Waals surface area contributed by atoms with Gasteiger partial charge in [-0.05, 0) is 37.5 Å². The molecular weight excluding hydrogens is 353 g/mol. The van der Waals surface area contributed by atoms with E-state index in [9.17, 15) is 14.0 Å². The molecule has 27 heavy (non-hydrogen) atoms. The van der Waals surface area contributed by atoms with Crippen molar-refractivity contribution in [2.75, 3.05) is 36.5 Å². The van der Waals surface area contributed by atoms with Crippen molar-refractivity contribution < 1.29 is 23.5 Å². The van der Waals surface area contributed by atoms with E-state index in [1.165, 1.54) is 6.07 Å². The van der Waals surface area contributed by atoms with Gasteiger partial charge in [-0.3, -0.25) is 14.9 Å². The third-order valence-electron chi connectivity index (χ3n) is 5.44. The van der Waals surface area contributed by atoms with Gasteiger partial charge < -0.3 is 19.7 Å². The van der Waals surface area contributed by atoms with E-state index in [-0.39, 0.29) is 30.3 Å². The lowest BCUT2D eigenvalue weighted by Crippen LogP contribution is -2.47. The maximum absolute atomic E-state index is 14.7. The fourth-order valence-electron chi connectivity index (χ4n) is 3.95. The Morgan fingerprint density at radius 1 is 1.11 bits per heavy atom. The molecule has 7 nitrogen and oxygen atoms in total. The molecule has 1 atom stereocenters. The number of halogens is 1. The van der Waals surface area contributed by atoms with Crippen LogP contribution in [0.4, 0.5) is 15.8 Å². The van der Waals surface area contributed by atoms with Crippen LogP contribution in [-0.4, -0.2) is 50.4 Å². The van der Waals surface area contributed by atoms with Gasteiger partial charge in [0.05, 0.1) is 18.9 Å². The Balaban J connectivity index is 1.36. The van der Waals surface area contributed by atoms with Crippen LogP contribution in [0.15, 0.2) is 18.2 Å². The number of anilines is 2. The van der Waals surface area contributed by atoms with Crippen LogP contribution in [0.1, 0.15) is 25.7 Å². The molecule has 0 aliphatic carbocycles. The zero-order valence-corrected chi connectivity index (χ0v) is 15.1. The largest absolute Gasteiger partial charge is 0.374 e. The first-order valence-corrected chi connectivity index (χ1v) is 9.48. The number of nitrogens with zero attached hydrogens (tertiary/aromatic N) is 1. The molecule has 0 saturated carbocycles. The molecule has 2 amide bonds. The average molecular weight is 377 g/mol. The summed E-state index contributed by atoms with van der Waals surface area (Å²) in [6, 6.07) is 4.41. The van der Waals surface area contributed by atoms with Crippen LogP contribution in [0.5, 0.6) is 0 Å². The second-order valence-corrected chi connectivity index (χ2v) is 7.25. The third kappa shape index (κ3) is 4.06. The molecule has 0 bridgehead atoms. The number of nitrogens with one attached hydrogen (secondary N) is 2. The van der Waals surface area contributed by atoms with E-state index in [2.05, 4.69) is 10.6 Å². The van der Waals surface area contributed by atoms with E-state index in [0.29, 0.717) is 36.9 Å². The highest BCUT2D eigenvalue weighted by atomic mass is 19.1. The first-order chi connectivity index (χ1) is 13.1. The summed E-state index contributed by atoms with van der Waals surface area (Å²) in [6.45, 7) is 2.82. The van der Waals surface area contributed by atoms with E-state index in [1.54, 1.807) is 12.1 Å². The van der Waals surface area contributed by atoms with Crippen molar-refractivity contribution in [2.45, 2.75) is 38.0 Å². The molecule has 1 aromatic rings. The SMILES string of the molecule is O=C1CC[C@H](Nc2ccc(N3CCC(C4OCCO4)CC3)c(F)c2)C(=O)N1. The first-order valence-electron chi connectivity index (χ1n) is 9.48. The number of hydrogen-bond acceptors (Lipinski definition) is 6. The highest BCUT2D eigenvalue weighted by molar-refractivity contribution is 6.01. The van der Waals surface area contributed by atoms with Crippen molar-refractivity contribution in [3.8, 4) is 0 Å². The zero-order chi connectivity index (χ0) is 18.8. The van der Waals surface area contributed by atoms with Gasteiger partial charge in [0.2, 0.25) is 11.8 Å². The number of hydrogen-bond donors (Lipinski definition) is 2. The number of rotatable bonds is 4. The predicted molar refractivity (Wildman–Crippen MR) is 96.8 cm³/mol. The van der Waals surface area contributed by atoms with Gasteiger partial charge in [0, 0.05) is 31.1 Å². The van der Waals surface area contributed by atoms with Crippen molar-refractivity contribution >= 4 is 23.2 Å². The Morgan fingerprint density at radius 2 is 1.85 bits per heavy atom. The minimum absolute atomic E-state index is 0.114. The second kappa shape index (κ2) is 7.82. The van der Waals surface area contributed by atoms with Crippen LogP contribution >= 0.6 is 0 Å². The lowest BCUT2D eigenvalue weighted by molar-refractivity contribution is -0.133. The molecule has 0 aromatic heterocycles. The lowest BCUT2D eigenvalue weighted by Gasteiger charge is -2.35. The number of carbonyl (C=O) groups excluding carboxylic acids is 2. The van der Waals surface area contributed by atoms with Crippen LogP contribution in [0.2, 0.25) is 0 Å². The number of carbonyl (C=O) groups is 2. The highest BCUT2D eigenvalue weighted by Crippen LogP contribution is 2.31. The molecule has 3 saturated heterocycles. The first kappa shape index (κ1) is 18.2. The summed E-state index contributed by atoms with van der Waals surface area (Å²) < 4.78 is 25.8. The average Bonchev–Trinajstić information content (AvgIpc) is 3.19. The van der Waals surface area contributed by atoms with E-state index in [1.807, 2.05) is 4.90 Å². The van der Waals surface area contributed by atoms with E-state index in [0.717, 1.165) is 25.9 Å². The highest BCUT2D eigenvalue weighted by Gasteiger charge is 2.31. The van der Waals surface area contributed by atoms with Crippen LogP contribution in [0.25, 0.3) is 0 Å². The van der Waals surface area contributed by atoms with E-state index in [4.69, 9.17) is 9.47 Å². The lowest BCUT2D eigenvalue weighted by atomic mass is 9.95. The molecule has 1 aromatic carbocycles. The molecule has 0 unspecified atom stereocenters. The van der Waals surface area contributed by atoms with Crippen LogP contribution in [-0.2, 0) is 19.1 Å². The van der Waals surface area contributed by atoms with Crippen molar-refractivity contribution in [3.05, 3.63) is 24.0 Å². The summed E-state index contributed by atoms with van der Waals surface area (Å²) in [7, 11) is 0. The molecule has 0 spiro atoms. The minimum Gasteiger partial charge on any atom is -0.374 e. The standard InChI is InChI=1S/C19H24FN3O4/c20-14-11-13(21-15-2-4-17(24)22-18(15)25)1-3-16(14)23-7-5-12(6-8-23)19-26-9-10-27-19/h1,3,11-12,15,19,21H,2,4-10H2,(H,22,24,25)/t15-/m0/s1. The number of piperidine rings is 2. The van der Waals surface area contributed by atoms with Crippen molar-refractivity contribution in [1.29, 1.82) is 0 Å². The Labute approximate surface area is 157 Å². The number of amides is 2. The van der Waals surface area contributed by atoms with Crippen molar-refractivity contribution in [1.82, 2.24) is 5.32 Å². The Morgan fingerprint density at radius 3 is 2.52 bits per heavy atom. The number of ether oxygens (including phenoxy) is 2. The van der Waals surface area contributed by atoms with Gasteiger partial charge in [-0.15, -0.1) is 0 Å². The topological polar surface area (TPSA) is 79.9 Å². The Bertz CT molecular complexity index is 715. The molecule has 3 aliphatic rings. The Hall–Kier alpha value is -2.19. The van der Waals surface area contributed by atoms with Crippen molar-refractivity contribution in [3.63, 3.8) is 0 Å². The van der Waals surface area contributed by atoms with Gasteiger partial charge in [0.15, 0.2) is 6.29 Å². The van der Waals surface area contributed by atoms with Crippen LogP contribution in [0, 0.1) is 11.7 Å². The van der Waals surface area contributed by atoms with Gasteiger partial charge >= 0.3 is 0 Å². The fraction of sp³-hybridized carbons (Fsp3) is 0.579. The normalized spacial score (nSPS) is 24.9. The summed E-state index contributed by atoms with van der Waals surface area (Å²) in [5, 5.41) is 5.30. The summed E-state index contributed by atoms with van der Waals surface area (Å²) in [5.74, 6) is -0.593. The smallest absolute Gasteiger partial charge is 0.249 e. The second-order valence-electron chi connectivity index (χ2n) is 7.25. The summed E-state index contributed by atoms with van der Waals surface area (Å²) >= 11 is 0. The maximum Gasteiger partial charge on any atom is 0.249 e. The Kier molecular flexibility index (Phi) is 5.27. The summed E-state index contributed by atoms with van der Waals surface area (Å²) in [6.07, 6.45) is 2.39. The molecule has 4 rings (SSSR count). The molecular formula is C19H24FN3O4. The molecule has 3 fully saturated rings. The van der Waals surface area contributed by atoms with Gasteiger partial charge in [-0.2, -0.15) is 0 Å². The quantitative estimate of drug-likeness (QED) is 0.777. The molecule has 2 N–H and O–H groups in total. The monoisotopic (exact) mass is 377 g/mol. The molecule has 146 valence electrons. The molecule has 3 heterocycles. The summed E-state index contributed by atoms with van der Waals surface area (Å²) in [4.78, 5) is 25.1. The van der Waals surface area contributed by atoms with Gasteiger partial charge in [-0.1, -0.05) is 0 Å². The van der Waals surface area contributed by atoms with E-state index >= 15 is 0 Å². The molecule has 3 aliphatic heterocycles. The fourth-order valence-corrected chi connectivity index (χ4v) is 3.95. The predicted octanol–water partition coefficient (Wildman–Crippen LogP) is 1.63. The minimum atomic E-state index is -0.518. The maximum atomic E-state index is 14.7. The van der Waals surface area contributed by atoms with Gasteiger partial charge in [0.1, 0.15) is 11.9 Å². The van der Waals surface area contributed by atoms with Crippen LogP contribution in [0.3, 0.4) is 0 Å².